The molecule has 0 bridgehead atoms. The van der Waals surface area contributed by atoms with Gasteiger partial charge in [0.15, 0.2) is 0 Å². The van der Waals surface area contributed by atoms with Crippen molar-refractivity contribution >= 4 is 50.5 Å². The third-order valence-electron chi connectivity index (χ3n) is 2.52. The second kappa shape index (κ2) is 6.12. The van der Waals surface area contributed by atoms with Crippen molar-refractivity contribution in [2.45, 2.75) is 4.90 Å². The predicted molar refractivity (Wildman–Crippen MR) is 83.4 cm³/mol. The van der Waals surface area contributed by atoms with Crippen LogP contribution in [0.3, 0.4) is 0 Å². The molecule has 0 heterocycles. The lowest BCUT2D eigenvalue weighted by Gasteiger charge is -2.10. The zero-order valence-electron chi connectivity index (χ0n) is 10.3. The highest BCUT2D eigenvalue weighted by Gasteiger charge is 2.19. The summed E-state index contributed by atoms with van der Waals surface area (Å²) in [6.07, 6.45) is 0. The Morgan fingerprint density at radius 3 is 2.33 bits per heavy atom. The molecule has 108 valence electrons. The van der Waals surface area contributed by atoms with Gasteiger partial charge in [0.25, 0.3) is 10.0 Å². The summed E-state index contributed by atoms with van der Waals surface area (Å²) < 4.78 is 26.9. The van der Waals surface area contributed by atoms with Crippen LogP contribution in [0.1, 0.15) is 5.56 Å². The van der Waals surface area contributed by atoms with Crippen molar-refractivity contribution in [3.05, 3.63) is 57.0 Å². The first-order valence-corrected chi connectivity index (χ1v) is 8.13. The molecule has 4 nitrogen and oxygen atoms in total. The number of halogens is 3. The van der Waals surface area contributed by atoms with Gasteiger partial charge >= 0.3 is 0 Å². The molecule has 0 saturated carbocycles. The Hall–Kier alpha value is -1.45. The summed E-state index contributed by atoms with van der Waals surface area (Å²) in [7, 11) is -3.91. The summed E-state index contributed by atoms with van der Waals surface area (Å²) in [5.74, 6) is 0. The highest BCUT2D eigenvalue weighted by molar-refractivity contribution is 7.92. The van der Waals surface area contributed by atoms with E-state index in [9.17, 15) is 8.42 Å². The number of hydrogen-bond donors (Lipinski definition) is 1. The van der Waals surface area contributed by atoms with E-state index in [1.165, 1.54) is 36.4 Å². The third-order valence-corrected chi connectivity index (χ3v) is 4.94. The zero-order chi connectivity index (χ0) is 15.6. The van der Waals surface area contributed by atoms with Gasteiger partial charge in [0, 0.05) is 5.02 Å². The SMILES string of the molecule is N#Cc1ccc(NS(=O)(=O)c2cc(Cl)ccc2Cl)cc1Cl. The fourth-order valence-electron chi connectivity index (χ4n) is 1.56. The van der Waals surface area contributed by atoms with E-state index in [1.807, 2.05) is 6.07 Å². The number of sulfonamides is 1. The molecule has 0 saturated heterocycles. The van der Waals surface area contributed by atoms with E-state index in [-0.39, 0.29) is 31.2 Å². The Kier molecular flexibility index (Phi) is 4.64. The van der Waals surface area contributed by atoms with Gasteiger partial charge < -0.3 is 0 Å². The molecule has 2 aromatic carbocycles. The van der Waals surface area contributed by atoms with E-state index in [0.717, 1.165) is 0 Å². The fraction of sp³-hybridized carbons (Fsp3) is 0. The van der Waals surface area contributed by atoms with Crippen LogP contribution in [0.25, 0.3) is 0 Å². The Bertz CT molecular complexity index is 845. The van der Waals surface area contributed by atoms with E-state index in [1.54, 1.807) is 0 Å². The maximum absolute atomic E-state index is 12.3. The minimum atomic E-state index is -3.91. The van der Waals surface area contributed by atoms with Crippen LogP contribution in [0, 0.1) is 11.3 Å². The number of nitrogens with one attached hydrogen (secondary N) is 1. The molecule has 2 rings (SSSR count). The van der Waals surface area contributed by atoms with Crippen molar-refractivity contribution in [1.82, 2.24) is 0 Å². The monoisotopic (exact) mass is 360 g/mol. The lowest BCUT2D eigenvalue weighted by Crippen LogP contribution is -2.13. The molecule has 0 atom stereocenters. The molecule has 0 aromatic heterocycles. The second-order valence-corrected chi connectivity index (χ2v) is 6.89. The average Bonchev–Trinajstić information content (AvgIpc) is 2.41. The standard InChI is InChI=1S/C13H7Cl3N2O2S/c14-9-2-4-11(15)13(5-9)21(19,20)18-10-3-1-8(7-17)12(16)6-10/h1-6,18H. The molecule has 2 aromatic rings. The van der Waals surface area contributed by atoms with Gasteiger partial charge in [0.1, 0.15) is 11.0 Å². The molecular weight excluding hydrogens is 355 g/mol. The molecule has 0 aliphatic heterocycles. The molecule has 0 aliphatic carbocycles. The van der Waals surface area contributed by atoms with Gasteiger partial charge in [-0.05, 0) is 36.4 Å². The van der Waals surface area contributed by atoms with Crippen molar-refractivity contribution in [3.63, 3.8) is 0 Å². The van der Waals surface area contributed by atoms with Crippen LogP contribution in [0.5, 0.6) is 0 Å². The van der Waals surface area contributed by atoms with E-state index >= 15 is 0 Å². The number of rotatable bonds is 3. The van der Waals surface area contributed by atoms with Crippen molar-refractivity contribution in [3.8, 4) is 6.07 Å². The summed E-state index contributed by atoms with van der Waals surface area (Å²) in [6.45, 7) is 0. The first kappa shape index (κ1) is 15.9. The molecular formula is C13H7Cl3N2O2S. The van der Waals surface area contributed by atoms with E-state index in [0.29, 0.717) is 0 Å². The molecule has 0 fully saturated rings. The molecule has 21 heavy (non-hydrogen) atoms. The van der Waals surface area contributed by atoms with Crippen LogP contribution in [0.4, 0.5) is 5.69 Å². The number of anilines is 1. The van der Waals surface area contributed by atoms with Crippen LogP contribution in [-0.2, 0) is 10.0 Å². The Balaban J connectivity index is 2.40. The summed E-state index contributed by atoms with van der Waals surface area (Å²) in [4.78, 5) is -0.142. The highest BCUT2D eigenvalue weighted by atomic mass is 35.5. The van der Waals surface area contributed by atoms with Gasteiger partial charge in [0.2, 0.25) is 0 Å². The van der Waals surface area contributed by atoms with Crippen molar-refractivity contribution < 1.29 is 8.42 Å². The lowest BCUT2D eigenvalue weighted by molar-refractivity contribution is 0.601. The third kappa shape index (κ3) is 3.60. The Morgan fingerprint density at radius 2 is 1.71 bits per heavy atom. The maximum atomic E-state index is 12.3. The van der Waals surface area contributed by atoms with Crippen LogP contribution in [-0.4, -0.2) is 8.42 Å². The molecule has 1 N–H and O–H groups in total. The van der Waals surface area contributed by atoms with Gasteiger partial charge in [-0.3, -0.25) is 4.72 Å². The van der Waals surface area contributed by atoms with Crippen LogP contribution >= 0.6 is 34.8 Å². The molecule has 0 aliphatic rings. The Labute approximate surface area is 136 Å². The van der Waals surface area contributed by atoms with E-state index in [4.69, 9.17) is 40.1 Å². The first-order chi connectivity index (χ1) is 9.83. The average molecular weight is 362 g/mol. The van der Waals surface area contributed by atoms with Gasteiger partial charge in [-0.1, -0.05) is 34.8 Å². The minimum Gasteiger partial charge on any atom is -0.280 e. The fourth-order valence-corrected chi connectivity index (χ4v) is 3.60. The number of nitriles is 1. The normalized spacial score (nSPS) is 11.0. The summed E-state index contributed by atoms with van der Waals surface area (Å²) in [6, 6.07) is 10.2. The molecule has 0 unspecified atom stereocenters. The van der Waals surface area contributed by atoms with Gasteiger partial charge in [-0.2, -0.15) is 5.26 Å². The lowest BCUT2D eigenvalue weighted by atomic mass is 10.2. The molecule has 0 radical (unpaired) electrons. The minimum absolute atomic E-state index is 0.0478. The number of nitrogens with zero attached hydrogens (tertiary/aromatic N) is 1. The van der Waals surface area contributed by atoms with Crippen molar-refractivity contribution in [2.75, 3.05) is 4.72 Å². The van der Waals surface area contributed by atoms with Gasteiger partial charge in [-0.25, -0.2) is 8.42 Å². The Morgan fingerprint density at radius 1 is 1.00 bits per heavy atom. The van der Waals surface area contributed by atoms with Gasteiger partial charge in [0.05, 0.1) is 21.3 Å². The van der Waals surface area contributed by atoms with E-state index in [2.05, 4.69) is 4.72 Å². The molecule has 8 heteroatoms. The molecule has 0 amide bonds. The first-order valence-electron chi connectivity index (χ1n) is 5.51. The summed E-state index contributed by atoms with van der Waals surface area (Å²) in [5, 5.41) is 9.23. The zero-order valence-corrected chi connectivity index (χ0v) is 13.4. The van der Waals surface area contributed by atoms with Gasteiger partial charge in [-0.15, -0.1) is 0 Å². The predicted octanol–water partition coefficient (Wildman–Crippen LogP) is 4.32. The smallest absolute Gasteiger partial charge is 0.263 e. The quantitative estimate of drug-likeness (QED) is 0.885. The topological polar surface area (TPSA) is 70.0 Å². The van der Waals surface area contributed by atoms with Crippen molar-refractivity contribution in [1.29, 1.82) is 5.26 Å². The van der Waals surface area contributed by atoms with Crippen LogP contribution in [0.2, 0.25) is 15.1 Å². The van der Waals surface area contributed by atoms with Crippen LogP contribution in [0.15, 0.2) is 41.3 Å². The largest absolute Gasteiger partial charge is 0.280 e. The molecule has 0 spiro atoms. The summed E-state index contributed by atoms with van der Waals surface area (Å²) >= 11 is 17.5. The number of benzene rings is 2. The summed E-state index contributed by atoms with van der Waals surface area (Å²) in [5.41, 5.74) is 0.468. The maximum Gasteiger partial charge on any atom is 0.263 e. The number of hydrogen-bond acceptors (Lipinski definition) is 3. The van der Waals surface area contributed by atoms with Crippen LogP contribution < -0.4 is 4.72 Å². The van der Waals surface area contributed by atoms with Crippen molar-refractivity contribution in [2.24, 2.45) is 0 Å². The highest BCUT2D eigenvalue weighted by Crippen LogP contribution is 2.28. The second-order valence-electron chi connectivity index (χ2n) is 3.99. The van der Waals surface area contributed by atoms with E-state index < -0.39 is 10.0 Å².